The SMILES string of the molecule is CC[C@](C)(NC(=O)Nc1c(F)cccc1F)c1nc(C)cs1. The van der Waals surface area contributed by atoms with Gasteiger partial charge in [-0.15, -0.1) is 11.3 Å². The molecule has 0 bridgehead atoms. The summed E-state index contributed by atoms with van der Waals surface area (Å²) in [4.78, 5) is 16.5. The second-order valence-corrected chi connectivity index (χ2v) is 6.01. The summed E-state index contributed by atoms with van der Waals surface area (Å²) in [7, 11) is 0. The molecule has 22 heavy (non-hydrogen) atoms. The van der Waals surface area contributed by atoms with Crippen molar-refractivity contribution in [2.75, 3.05) is 5.32 Å². The van der Waals surface area contributed by atoms with E-state index in [2.05, 4.69) is 15.6 Å². The van der Waals surface area contributed by atoms with Crippen molar-refractivity contribution in [3.05, 3.63) is 45.9 Å². The number of thiazole rings is 1. The number of nitrogens with one attached hydrogen (secondary N) is 2. The average molecular weight is 325 g/mol. The van der Waals surface area contributed by atoms with E-state index in [0.717, 1.165) is 22.8 Å². The van der Waals surface area contributed by atoms with Crippen LogP contribution >= 0.6 is 11.3 Å². The number of para-hydroxylation sites is 1. The molecule has 7 heteroatoms. The van der Waals surface area contributed by atoms with Crippen LogP contribution in [-0.2, 0) is 5.54 Å². The van der Waals surface area contributed by atoms with E-state index in [9.17, 15) is 13.6 Å². The lowest BCUT2D eigenvalue weighted by Gasteiger charge is -2.27. The van der Waals surface area contributed by atoms with Gasteiger partial charge in [0.1, 0.15) is 22.3 Å². The first-order chi connectivity index (χ1) is 10.4. The fraction of sp³-hybridized carbons (Fsp3) is 0.333. The topological polar surface area (TPSA) is 54.0 Å². The molecule has 0 aliphatic rings. The Labute approximate surface area is 131 Å². The molecule has 1 heterocycles. The molecule has 2 aromatic rings. The van der Waals surface area contributed by atoms with Crippen molar-refractivity contribution in [2.45, 2.75) is 32.7 Å². The van der Waals surface area contributed by atoms with Crippen LogP contribution in [0.3, 0.4) is 0 Å². The minimum Gasteiger partial charge on any atom is -0.326 e. The number of hydrogen-bond donors (Lipinski definition) is 2. The van der Waals surface area contributed by atoms with Gasteiger partial charge in [-0.2, -0.15) is 0 Å². The number of hydrogen-bond acceptors (Lipinski definition) is 3. The van der Waals surface area contributed by atoms with E-state index < -0.39 is 28.9 Å². The Morgan fingerprint density at radius 1 is 1.36 bits per heavy atom. The number of nitrogens with zero attached hydrogens (tertiary/aromatic N) is 1. The lowest BCUT2D eigenvalue weighted by Crippen LogP contribution is -2.45. The van der Waals surface area contributed by atoms with Crippen molar-refractivity contribution < 1.29 is 13.6 Å². The standard InChI is InChI=1S/C15H17F2N3OS/c1-4-15(3,13-18-9(2)8-22-13)20-14(21)19-12-10(16)6-5-7-11(12)17/h5-8H,4H2,1-3H3,(H2,19,20,21)/t15-/m0/s1. The van der Waals surface area contributed by atoms with Crippen LogP contribution in [0.15, 0.2) is 23.6 Å². The molecule has 2 N–H and O–H groups in total. The molecule has 0 radical (unpaired) electrons. The minimum absolute atomic E-state index is 0.464. The van der Waals surface area contributed by atoms with Crippen LogP contribution in [0.5, 0.6) is 0 Å². The Hall–Kier alpha value is -2.02. The first-order valence-electron chi connectivity index (χ1n) is 6.81. The van der Waals surface area contributed by atoms with Gasteiger partial charge in [-0.25, -0.2) is 18.6 Å². The van der Waals surface area contributed by atoms with Crippen molar-refractivity contribution in [1.29, 1.82) is 0 Å². The Morgan fingerprint density at radius 2 is 2.00 bits per heavy atom. The highest BCUT2D eigenvalue weighted by Gasteiger charge is 2.30. The number of carbonyl (C=O) groups excluding carboxylic acids is 1. The normalized spacial score (nSPS) is 13.5. The largest absolute Gasteiger partial charge is 0.326 e. The van der Waals surface area contributed by atoms with Crippen molar-refractivity contribution in [2.24, 2.45) is 0 Å². The lowest BCUT2D eigenvalue weighted by atomic mass is 10.0. The molecule has 0 fully saturated rings. The number of halogens is 2. The predicted octanol–water partition coefficient (Wildman–Crippen LogP) is 4.18. The third-order valence-corrected chi connectivity index (χ3v) is 4.61. The molecule has 0 aliphatic carbocycles. The number of amides is 2. The van der Waals surface area contributed by atoms with Crippen LogP contribution in [0.4, 0.5) is 19.3 Å². The first kappa shape index (κ1) is 16.4. The molecule has 1 atom stereocenters. The minimum atomic E-state index is -0.821. The van der Waals surface area contributed by atoms with Crippen molar-refractivity contribution in [3.8, 4) is 0 Å². The molecule has 0 spiro atoms. The predicted molar refractivity (Wildman–Crippen MR) is 83.0 cm³/mol. The average Bonchev–Trinajstić information content (AvgIpc) is 2.90. The van der Waals surface area contributed by atoms with Crippen LogP contribution in [0, 0.1) is 18.6 Å². The van der Waals surface area contributed by atoms with Crippen LogP contribution in [0.2, 0.25) is 0 Å². The zero-order valence-corrected chi connectivity index (χ0v) is 13.4. The van der Waals surface area contributed by atoms with Crippen LogP contribution in [0.25, 0.3) is 0 Å². The number of urea groups is 1. The van der Waals surface area contributed by atoms with Gasteiger partial charge in [0.25, 0.3) is 0 Å². The Kier molecular flexibility index (Phi) is 4.75. The summed E-state index contributed by atoms with van der Waals surface area (Å²) in [5, 5.41) is 7.60. The molecular formula is C15H17F2N3OS. The summed E-state index contributed by atoms with van der Waals surface area (Å²) in [6.45, 7) is 5.59. The van der Waals surface area contributed by atoms with E-state index in [-0.39, 0.29) is 0 Å². The second-order valence-electron chi connectivity index (χ2n) is 5.16. The van der Waals surface area contributed by atoms with Gasteiger partial charge in [-0.3, -0.25) is 0 Å². The Morgan fingerprint density at radius 3 is 2.50 bits per heavy atom. The van der Waals surface area contributed by atoms with Crippen molar-refractivity contribution >= 4 is 23.1 Å². The Bertz CT molecular complexity index is 669. The van der Waals surface area contributed by atoms with E-state index in [4.69, 9.17) is 0 Å². The molecule has 2 rings (SSSR count). The summed E-state index contributed by atoms with van der Waals surface area (Å²) in [5.41, 5.74) is -0.305. The summed E-state index contributed by atoms with van der Waals surface area (Å²) in [6.07, 6.45) is 0.590. The number of aromatic nitrogens is 1. The molecule has 1 aromatic heterocycles. The fourth-order valence-electron chi connectivity index (χ4n) is 1.91. The summed E-state index contributed by atoms with van der Waals surface area (Å²) < 4.78 is 27.1. The third-order valence-electron chi connectivity index (χ3n) is 3.39. The third kappa shape index (κ3) is 3.41. The maximum Gasteiger partial charge on any atom is 0.320 e. The molecule has 0 saturated carbocycles. The van der Waals surface area contributed by atoms with Gasteiger partial charge in [-0.05, 0) is 32.4 Å². The van der Waals surface area contributed by atoms with E-state index in [1.165, 1.54) is 17.4 Å². The van der Waals surface area contributed by atoms with E-state index >= 15 is 0 Å². The van der Waals surface area contributed by atoms with Crippen LogP contribution in [0.1, 0.15) is 31.0 Å². The number of rotatable bonds is 4. The van der Waals surface area contributed by atoms with Gasteiger partial charge in [0.05, 0.1) is 5.54 Å². The lowest BCUT2D eigenvalue weighted by molar-refractivity contribution is 0.237. The second kappa shape index (κ2) is 6.39. The highest BCUT2D eigenvalue weighted by Crippen LogP contribution is 2.28. The molecule has 0 saturated heterocycles. The maximum atomic E-state index is 13.6. The molecule has 118 valence electrons. The van der Waals surface area contributed by atoms with Gasteiger partial charge in [0.15, 0.2) is 0 Å². The van der Waals surface area contributed by atoms with Crippen molar-refractivity contribution in [1.82, 2.24) is 10.3 Å². The summed E-state index contributed by atoms with van der Waals surface area (Å²) in [5.74, 6) is -1.64. The van der Waals surface area contributed by atoms with E-state index in [1.54, 1.807) is 0 Å². The number of carbonyl (C=O) groups is 1. The number of benzene rings is 1. The zero-order valence-electron chi connectivity index (χ0n) is 12.5. The van der Waals surface area contributed by atoms with Gasteiger partial charge < -0.3 is 10.6 Å². The van der Waals surface area contributed by atoms with E-state index in [0.29, 0.717) is 6.42 Å². The van der Waals surface area contributed by atoms with Crippen molar-refractivity contribution in [3.63, 3.8) is 0 Å². The number of anilines is 1. The summed E-state index contributed by atoms with van der Waals surface area (Å²) >= 11 is 1.43. The van der Waals surface area contributed by atoms with Gasteiger partial charge in [-0.1, -0.05) is 13.0 Å². The fourth-order valence-corrected chi connectivity index (χ4v) is 2.90. The van der Waals surface area contributed by atoms with Crippen LogP contribution < -0.4 is 10.6 Å². The quantitative estimate of drug-likeness (QED) is 0.886. The molecular weight excluding hydrogens is 308 g/mol. The molecule has 2 amide bonds. The molecule has 0 aliphatic heterocycles. The maximum absolute atomic E-state index is 13.6. The van der Waals surface area contributed by atoms with Gasteiger partial charge in [0.2, 0.25) is 0 Å². The molecule has 1 aromatic carbocycles. The zero-order chi connectivity index (χ0) is 16.3. The molecule has 0 unspecified atom stereocenters. The van der Waals surface area contributed by atoms with E-state index in [1.807, 2.05) is 26.2 Å². The first-order valence-corrected chi connectivity index (χ1v) is 7.69. The smallest absolute Gasteiger partial charge is 0.320 e. The van der Waals surface area contributed by atoms with Gasteiger partial charge >= 0.3 is 6.03 Å². The highest BCUT2D eigenvalue weighted by molar-refractivity contribution is 7.09. The Balaban J connectivity index is 2.16. The number of aryl methyl sites for hydroxylation is 1. The van der Waals surface area contributed by atoms with Crippen LogP contribution in [-0.4, -0.2) is 11.0 Å². The summed E-state index contributed by atoms with van der Waals surface area (Å²) in [6, 6.07) is 2.73. The van der Waals surface area contributed by atoms with Gasteiger partial charge in [0, 0.05) is 11.1 Å². The highest BCUT2D eigenvalue weighted by atomic mass is 32.1. The monoisotopic (exact) mass is 325 g/mol. The molecule has 4 nitrogen and oxygen atoms in total.